The van der Waals surface area contributed by atoms with Crippen molar-refractivity contribution in [1.82, 2.24) is 0 Å². The van der Waals surface area contributed by atoms with Crippen LogP contribution < -0.4 is 0 Å². The minimum atomic E-state index is -1.13. The summed E-state index contributed by atoms with van der Waals surface area (Å²) in [6, 6.07) is 0. The minimum Gasteiger partial charge on any atom is -0.387 e. The minimum absolute atomic E-state index is 0.0448. The van der Waals surface area contributed by atoms with Gasteiger partial charge in [0.25, 0.3) is 0 Å². The molecule has 0 aromatic heterocycles. The highest BCUT2D eigenvalue weighted by atomic mass is 16.6. The average molecular weight is 332 g/mol. The lowest BCUT2D eigenvalue weighted by molar-refractivity contribution is -0.128. The Morgan fingerprint density at radius 1 is 1.17 bits per heavy atom. The Morgan fingerprint density at radius 2 is 1.83 bits per heavy atom. The number of aliphatic hydroxyl groups is 1. The third-order valence-electron chi connectivity index (χ3n) is 7.48. The van der Waals surface area contributed by atoms with E-state index in [1.54, 1.807) is 13.8 Å². The van der Waals surface area contributed by atoms with Gasteiger partial charge in [-0.05, 0) is 38.0 Å². The molecule has 4 nitrogen and oxygen atoms in total. The number of Topliss-reactive ketones (excluding diaryl/α,β-unsaturated/α-hetero) is 2. The summed E-state index contributed by atoms with van der Waals surface area (Å²) in [6.45, 7) is 9.99. The number of hydrogen-bond donors (Lipinski definition) is 1. The molecule has 0 amide bonds. The Morgan fingerprint density at radius 3 is 2.46 bits per heavy atom. The second kappa shape index (κ2) is 4.39. The number of fused-ring (bicyclic) bond motifs is 3. The first-order valence-electron chi connectivity index (χ1n) is 9.15. The monoisotopic (exact) mass is 332 g/mol. The van der Waals surface area contributed by atoms with Crippen LogP contribution in [0.2, 0.25) is 0 Å². The summed E-state index contributed by atoms with van der Waals surface area (Å²) in [4.78, 5) is 26.2. The molecule has 4 heteroatoms. The van der Waals surface area contributed by atoms with Gasteiger partial charge in [0, 0.05) is 29.4 Å². The van der Waals surface area contributed by atoms with Crippen LogP contribution in [0.1, 0.15) is 66.7 Å². The molecule has 0 radical (unpaired) electrons. The largest absolute Gasteiger partial charge is 0.387 e. The van der Waals surface area contributed by atoms with Crippen molar-refractivity contribution < 1.29 is 19.4 Å². The molecule has 4 atom stereocenters. The van der Waals surface area contributed by atoms with Crippen LogP contribution in [-0.4, -0.2) is 34.0 Å². The number of rotatable bonds is 1. The van der Waals surface area contributed by atoms with Crippen molar-refractivity contribution >= 4 is 11.6 Å². The molecular weight excluding hydrogens is 304 g/mol. The number of ether oxygens (including phenoxy) is 1. The lowest BCUT2D eigenvalue weighted by atomic mass is 9.48. The molecule has 0 spiro atoms. The number of ketones is 2. The van der Waals surface area contributed by atoms with Crippen molar-refractivity contribution in [1.29, 1.82) is 0 Å². The summed E-state index contributed by atoms with van der Waals surface area (Å²) in [5, 5.41) is 10.5. The Kier molecular flexibility index (Phi) is 3.01. The summed E-state index contributed by atoms with van der Waals surface area (Å²) >= 11 is 0. The Hall–Kier alpha value is -1.00. The van der Waals surface area contributed by atoms with E-state index in [9.17, 15) is 14.7 Å². The SMILES string of the molecule is CC1(C)CCC[C@]2(C)C3=C(CC4(C(C)(C)O)OC4C3=O)C(=O)C[C@@H]12. The highest BCUT2D eigenvalue weighted by Gasteiger charge is 2.73. The maximum Gasteiger partial charge on any atom is 0.191 e. The fourth-order valence-electron chi connectivity index (χ4n) is 5.98. The van der Waals surface area contributed by atoms with E-state index in [4.69, 9.17) is 4.74 Å². The van der Waals surface area contributed by atoms with Gasteiger partial charge in [-0.2, -0.15) is 0 Å². The first-order chi connectivity index (χ1) is 10.9. The Balaban J connectivity index is 1.85. The average Bonchev–Trinajstić information content (AvgIpc) is 3.17. The van der Waals surface area contributed by atoms with E-state index in [0.29, 0.717) is 18.4 Å². The zero-order valence-corrected chi connectivity index (χ0v) is 15.4. The molecule has 24 heavy (non-hydrogen) atoms. The van der Waals surface area contributed by atoms with E-state index >= 15 is 0 Å². The second-order valence-corrected chi connectivity index (χ2v) is 9.78. The predicted octanol–water partition coefficient (Wildman–Crippen LogP) is 2.97. The lowest BCUT2D eigenvalue weighted by Gasteiger charge is -2.55. The van der Waals surface area contributed by atoms with Crippen LogP contribution in [0, 0.1) is 16.7 Å². The summed E-state index contributed by atoms with van der Waals surface area (Å²) < 4.78 is 5.77. The molecule has 0 aromatic rings. The van der Waals surface area contributed by atoms with Gasteiger partial charge in [-0.25, -0.2) is 0 Å². The van der Waals surface area contributed by atoms with Gasteiger partial charge in [-0.15, -0.1) is 0 Å². The molecule has 1 aliphatic heterocycles. The van der Waals surface area contributed by atoms with E-state index in [-0.39, 0.29) is 28.3 Å². The van der Waals surface area contributed by atoms with E-state index in [2.05, 4.69) is 20.8 Å². The molecule has 1 saturated carbocycles. The Bertz CT molecular complexity index is 680. The lowest BCUT2D eigenvalue weighted by Crippen LogP contribution is -2.54. The van der Waals surface area contributed by atoms with Crippen molar-refractivity contribution in [3.63, 3.8) is 0 Å². The van der Waals surface area contributed by atoms with Crippen LogP contribution in [0.15, 0.2) is 11.1 Å². The van der Waals surface area contributed by atoms with Gasteiger partial charge in [0.2, 0.25) is 0 Å². The predicted molar refractivity (Wildman–Crippen MR) is 89.4 cm³/mol. The van der Waals surface area contributed by atoms with Gasteiger partial charge in [0.1, 0.15) is 5.60 Å². The van der Waals surface area contributed by atoms with Gasteiger partial charge in [-0.3, -0.25) is 9.59 Å². The summed E-state index contributed by atoms with van der Waals surface area (Å²) in [6.07, 6.45) is 3.46. The second-order valence-electron chi connectivity index (χ2n) is 9.78. The highest BCUT2D eigenvalue weighted by Crippen LogP contribution is 2.64. The van der Waals surface area contributed by atoms with Gasteiger partial charge in [0.15, 0.2) is 17.7 Å². The molecule has 1 N–H and O–H groups in total. The van der Waals surface area contributed by atoms with E-state index < -0.39 is 17.3 Å². The van der Waals surface area contributed by atoms with Gasteiger partial charge in [-0.1, -0.05) is 27.2 Å². The fraction of sp³-hybridized carbons (Fsp3) is 0.800. The maximum atomic E-state index is 13.2. The zero-order chi connectivity index (χ0) is 17.7. The molecule has 1 saturated heterocycles. The molecule has 2 fully saturated rings. The summed E-state index contributed by atoms with van der Waals surface area (Å²) in [5.74, 6) is 0.257. The molecule has 0 bridgehead atoms. The van der Waals surface area contributed by atoms with Gasteiger partial charge < -0.3 is 9.84 Å². The quantitative estimate of drug-likeness (QED) is 0.750. The summed E-state index contributed by atoms with van der Waals surface area (Å²) in [5.41, 5.74) is -0.816. The standard InChI is InChI=1S/C20H28O4/c1-17(2)7-6-8-19(5)13(17)9-12(21)11-10-20(18(3,4)23)16(24-20)15(22)14(11)19/h13,16,23H,6-10H2,1-5H3/t13-,16?,19-,20?/m0/s1. The molecule has 4 rings (SSSR count). The van der Waals surface area contributed by atoms with Crippen molar-refractivity contribution in [3.05, 3.63) is 11.1 Å². The van der Waals surface area contributed by atoms with Crippen molar-refractivity contribution in [3.8, 4) is 0 Å². The van der Waals surface area contributed by atoms with Crippen LogP contribution in [0.5, 0.6) is 0 Å². The normalized spacial score (nSPS) is 43.9. The Labute approximate surface area is 143 Å². The van der Waals surface area contributed by atoms with E-state index in [0.717, 1.165) is 24.8 Å². The van der Waals surface area contributed by atoms with Gasteiger partial charge in [0.05, 0.1) is 5.60 Å². The van der Waals surface area contributed by atoms with Crippen LogP contribution >= 0.6 is 0 Å². The van der Waals surface area contributed by atoms with Crippen LogP contribution in [0.25, 0.3) is 0 Å². The van der Waals surface area contributed by atoms with Crippen LogP contribution in [-0.2, 0) is 14.3 Å². The fourth-order valence-corrected chi connectivity index (χ4v) is 5.98. The topological polar surface area (TPSA) is 66.9 Å². The highest BCUT2D eigenvalue weighted by molar-refractivity contribution is 6.13. The van der Waals surface area contributed by atoms with Gasteiger partial charge >= 0.3 is 0 Å². The number of carbonyl (C=O) groups is 2. The maximum absolute atomic E-state index is 13.2. The third kappa shape index (κ3) is 1.82. The molecule has 132 valence electrons. The molecule has 2 unspecified atom stereocenters. The zero-order valence-electron chi connectivity index (χ0n) is 15.4. The summed E-state index contributed by atoms with van der Waals surface area (Å²) in [7, 11) is 0. The molecule has 0 aromatic carbocycles. The van der Waals surface area contributed by atoms with Crippen molar-refractivity contribution in [2.24, 2.45) is 16.7 Å². The van der Waals surface area contributed by atoms with E-state index in [1.165, 1.54) is 0 Å². The van der Waals surface area contributed by atoms with Crippen molar-refractivity contribution in [2.75, 3.05) is 0 Å². The molecule has 3 aliphatic carbocycles. The molecule has 4 aliphatic rings. The van der Waals surface area contributed by atoms with Crippen LogP contribution in [0.3, 0.4) is 0 Å². The third-order valence-corrected chi connectivity index (χ3v) is 7.48. The first-order valence-corrected chi connectivity index (χ1v) is 9.15. The number of hydrogen-bond acceptors (Lipinski definition) is 4. The number of epoxide rings is 1. The smallest absolute Gasteiger partial charge is 0.191 e. The molecular formula is C20H28O4. The van der Waals surface area contributed by atoms with Crippen molar-refractivity contribution in [2.45, 2.75) is 84.0 Å². The number of carbonyl (C=O) groups excluding carboxylic acids is 2. The van der Waals surface area contributed by atoms with Crippen LogP contribution in [0.4, 0.5) is 0 Å². The van der Waals surface area contributed by atoms with E-state index in [1.807, 2.05) is 0 Å². The molecule has 1 heterocycles. The first kappa shape index (κ1) is 16.5.